The molecule has 0 spiro atoms. The van der Waals surface area contributed by atoms with Crippen LogP contribution in [0.15, 0.2) is 24.3 Å². The molecule has 0 bridgehead atoms. The van der Waals surface area contributed by atoms with Crippen LogP contribution >= 0.6 is 22.6 Å². The third kappa shape index (κ3) is 3.43. The number of anilines is 2. The minimum absolute atomic E-state index is 0.116. The predicted molar refractivity (Wildman–Crippen MR) is 84.6 cm³/mol. The van der Waals surface area contributed by atoms with E-state index >= 15 is 0 Å². The van der Waals surface area contributed by atoms with Gasteiger partial charge in [-0.2, -0.15) is 0 Å². The monoisotopic (exact) mass is 441 g/mol. The molecule has 0 amide bonds. The molecule has 0 unspecified atom stereocenters. The summed E-state index contributed by atoms with van der Waals surface area (Å²) in [4.78, 5) is 0. The highest BCUT2D eigenvalue weighted by molar-refractivity contribution is 14.1. The predicted octanol–water partition coefficient (Wildman–Crippen LogP) is 2.47. The maximum Gasteiger partial charge on any atom is 0.237 e. The first-order chi connectivity index (χ1) is 10.2. The molecule has 0 atom stereocenters. The summed E-state index contributed by atoms with van der Waals surface area (Å²) in [5.74, 6) is -2.27. The van der Waals surface area contributed by atoms with Crippen molar-refractivity contribution in [1.29, 1.82) is 0 Å². The Morgan fingerprint density at radius 2 is 1.86 bits per heavy atom. The molecule has 0 N–H and O–H groups in total. The van der Waals surface area contributed by atoms with Crippen LogP contribution in [-0.2, 0) is 10.0 Å². The van der Waals surface area contributed by atoms with Crippen LogP contribution in [0.5, 0.6) is 5.75 Å². The van der Waals surface area contributed by atoms with E-state index in [-0.39, 0.29) is 17.3 Å². The second kappa shape index (κ2) is 6.28. The summed E-state index contributed by atoms with van der Waals surface area (Å²) in [6, 6.07) is 4.18. The van der Waals surface area contributed by atoms with Crippen LogP contribution in [0, 0.1) is 15.3 Å². The van der Waals surface area contributed by atoms with Gasteiger partial charge >= 0.3 is 0 Å². The summed E-state index contributed by atoms with van der Waals surface area (Å²) in [7, 11) is -2.55. The van der Waals surface area contributed by atoms with Crippen molar-refractivity contribution < 1.29 is 21.9 Å². The SMILES string of the molecule is COc1cc(I)nnc1N(c1ccc(F)c(F)c1)S(C)(=O)=O. The number of nitrogens with zero attached hydrogens (tertiary/aromatic N) is 3. The van der Waals surface area contributed by atoms with Gasteiger partial charge in [0.2, 0.25) is 15.8 Å². The quantitative estimate of drug-likeness (QED) is 0.682. The Kier molecular flexibility index (Phi) is 4.80. The molecule has 1 heterocycles. The first-order valence-corrected chi connectivity index (χ1v) is 8.69. The van der Waals surface area contributed by atoms with Gasteiger partial charge in [0.15, 0.2) is 17.4 Å². The van der Waals surface area contributed by atoms with Crippen LogP contribution < -0.4 is 9.04 Å². The van der Waals surface area contributed by atoms with E-state index in [1.54, 1.807) is 0 Å². The Morgan fingerprint density at radius 3 is 2.41 bits per heavy atom. The number of hydrogen-bond acceptors (Lipinski definition) is 5. The van der Waals surface area contributed by atoms with Crippen molar-refractivity contribution in [3.63, 3.8) is 0 Å². The molecule has 0 aliphatic heterocycles. The van der Waals surface area contributed by atoms with Gasteiger partial charge in [-0.05, 0) is 34.7 Å². The fourth-order valence-corrected chi connectivity index (χ4v) is 3.05. The Labute approximate surface area is 139 Å². The van der Waals surface area contributed by atoms with Crippen molar-refractivity contribution >= 4 is 44.1 Å². The van der Waals surface area contributed by atoms with Crippen molar-refractivity contribution in [2.24, 2.45) is 0 Å². The van der Waals surface area contributed by atoms with Gasteiger partial charge in [0.25, 0.3) is 0 Å². The fourth-order valence-electron chi connectivity index (χ4n) is 1.72. The van der Waals surface area contributed by atoms with Gasteiger partial charge in [-0.1, -0.05) is 0 Å². The van der Waals surface area contributed by atoms with Crippen LogP contribution in [-0.4, -0.2) is 32.0 Å². The molecule has 2 rings (SSSR count). The first-order valence-electron chi connectivity index (χ1n) is 5.76. The molecular weight excluding hydrogens is 431 g/mol. The molecule has 1 aromatic carbocycles. The van der Waals surface area contributed by atoms with E-state index in [2.05, 4.69) is 10.2 Å². The Balaban J connectivity index is 2.69. The number of hydrogen-bond donors (Lipinski definition) is 0. The zero-order valence-corrected chi connectivity index (χ0v) is 14.4. The average molecular weight is 441 g/mol. The molecule has 22 heavy (non-hydrogen) atoms. The summed E-state index contributed by atoms with van der Waals surface area (Å²) in [6.45, 7) is 0. The number of benzene rings is 1. The zero-order valence-electron chi connectivity index (χ0n) is 11.4. The highest BCUT2D eigenvalue weighted by Crippen LogP contribution is 2.34. The summed E-state index contributed by atoms with van der Waals surface area (Å²) in [6.07, 6.45) is 0.910. The molecule has 0 aliphatic carbocycles. The Hall–Kier alpha value is -1.56. The highest BCUT2D eigenvalue weighted by atomic mass is 127. The van der Waals surface area contributed by atoms with Gasteiger partial charge in [-0.25, -0.2) is 21.5 Å². The highest BCUT2D eigenvalue weighted by Gasteiger charge is 2.26. The van der Waals surface area contributed by atoms with Crippen LogP contribution in [0.25, 0.3) is 0 Å². The van der Waals surface area contributed by atoms with E-state index in [1.165, 1.54) is 13.2 Å². The standard InChI is InChI=1S/C12H10F2IN3O3S/c1-21-10-6-11(15)16-17-12(10)18(22(2,19)20)7-3-4-8(13)9(14)5-7/h3-6H,1-2H3. The van der Waals surface area contributed by atoms with Gasteiger partial charge in [0, 0.05) is 12.1 Å². The van der Waals surface area contributed by atoms with Gasteiger partial charge in [-0.15, -0.1) is 10.2 Å². The van der Waals surface area contributed by atoms with Crippen molar-refractivity contribution in [2.75, 3.05) is 17.7 Å². The van der Waals surface area contributed by atoms with Gasteiger partial charge in [0.05, 0.1) is 19.1 Å². The molecule has 0 aliphatic rings. The lowest BCUT2D eigenvalue weighted by atomic mass is 10.3. The summed E-state index contributed by atoms with van der Waals surface area (Å²) in [5.41, 5.74) is -0.116. The maximum absolute atomic E-state index is 13.4. The second-order valence-electron chi connectivity index (χ2n) is 4.18. The van der Waals surface area contributed by atoms with Gasteiger partial charge in [-0.3, -0.25) is 0 Å². The molecule has 0 fully saturated rings. The van der Waals surface area contributed by atoms with E-state index < -0.39 is 21.7 Å². The molecule has 10 heteroatoms. The molecule has 0 saturated heterocycles. The minimum Gasteiger partial charge on any atom is -0.493 e. The lowest BCUT2D eigenvalue weighted by Gasteiger charge is -2.22. The third-order valence-electron chi connectivity index (χ3n) is 2.59. The van der Waals surface area contributed by atoms with Crippen molar-refractivity contribution in [1.82, 2.24) is 10.2 Å². The second-order valence-corrected chi connectivity index (χ2v) is 7.12. The summed E-state index contributed by atoms with van der Waals surface area (Å²) >= 11 is 1.88. The maximum atomic E-state index is 13.4. The lowest BCUT2D eigenvalue weighted by molar-refractivity contribution is 0.412. The summed E-state index contributed by atoms with van der Waals surface area (Å²) < 4.78 is 56.9. The molecule has 118 valence electrons. The molecular formula is C12H10F2IN3O3S. The van der Waals surface area contributed by atoms with Gasteiger partial charge < -0.3 is 4.74 Å². The van der Waals surface area contributed by atoms with Crippen LogP contribution in [0.3, 0.4) is 0 Å². The number of aromatic nitrogens is 2. The Bertz CT molecular complexity index is 817. The van der Waals surface area contributed by atoms with E-state index in [0.717, 1.165) is 28.8 Å². The molecule has 6 nitrogen and oxygen atoms in total. The molecule has 0 radical (unpaired) electrons. The third-order valence-corrected chi connectivity index (χ3v) is 4.17. The van der Waals surface area contributed by atoms with Gasteiger partial charge in [0.1, 0.15) is 3.70 Å². The number of ether oxygens (including phenoxy) is 1. The van der Waals surface area contributed by atoms with E-state index in [1.807, 2.05) is 22.6 Å². The number of sulfonamides is 1. The number of halogens is 3. The molecule has 1 aromatic heterocycles. The zero-order chi connectivity index (χ0) is 16.5. The van der Waals surface area contributed by atoms with E-state index in [9.17, 15) is 17.2 Å². The lowest BCUT2D eigenvalue weighted by Crippen LogP contribution is -2.26. The van der Waals surface area contributed by atoms with Crippen LogP contribution in [0.2, 0.25) is 0 Å². The fraction of sp³-hybridized carbons (Fsp3) is 0.167. The van der Waals surface area contributed by atoms with Crippen LogP contribution in [0.4, 0.5) is 20.3 Å². The topological polar surface area (TPSA) is 72.4 Å². The average Bonchev–Trinajstić information content (AvgIpc) is 2.43. The first kappa shape index (κ1) is 16.8. The molecule has 0 saturated carbocycles. The largest absolute Gasteiger partial charge is 0.493 e. The molecule has 2 aromatic rings. The number of methoxy groups -OCH3 is 1. The van der Waals surface area contributed by atoms with E-state index in [0.29, 0.717) is 3.70 Å². The van der Waals surface area contributed by atoms with Crippen molar-refractivity contribution in [2.45, 2.75) is 0 Å². The van der Waals surface area contributed by atoms with Crippen molar-refractivity contribution in [3.05, 3.63) is 39.6 Å². The Morgan fingerprint density at radius 1 is 1.18 bits per heavy atom. The van der Waals surface area contributed by atoms with Crippen LogP contribution in [0.1, 0.15) is 0 Å². The number of rotatable bonds is 4. The normalized spacial score (nSPS) is 11.3. The smallest absolute Gasteiger partial charge is 0.237 e. The summed E-state index contributed by atoms with van der Waals surface area (Å²) in [5, 5.41) is 7.56. The van der Waals surface area contributed by atoms with E-state index in [4.69, 9.17) is 4.74 Å². The minimum atomic E-state index is -3.89. The van der Waals surface area contributed by atoms with Crippen molar-refractivity contribution in [3.8, 4) is 5.75 Å².